The van der Waals surface area contributed by atoms with Crippen molar-refractivity contribution in [3.63, 3.8) is 0 Å². The van der Waals surface area contributed by atoms with Crippen LogP contribution in [0, 0.1) is 3.57 Å². The fourth-order valence-electron chi connectivity index (χ4n) is 1.58. The maximum Gasteiger partial charge on any atom is 0.405 e. The zero-order chi connectivity index (χ0) is 13.1. The van der Waals surface area contributed by atoms with Crippen LogP contribution in [0.2, 0.25) is 0 Å². The number of halogens is 1. The van der Waals surface area contributed by atoms with Gasteiger partial charge in [0.2, 0.25) is 0 Å². The summed E-state index contributed by atoms with van der Waals surface area (Å²) in [6.45, 7) is 1.74. The molecule has 0 aliphatic carbocycles. The lowest BCUT2D eigenvalue weighted by Gasteiger charge is -2.07. The smallest absolute Gasteiger partial charge is 0.405 e. The normalized spacial score (nSPS) is 12.1. The number of hydrogen-bond acceptors (Lipinski definition) is 2. The van der Waals surface area contributed by atoms with Crippen molar-refractivity contribution in [3.05, 3.63) is 39.9 Å². The molecule has 5 nitrogen and oxygen atoms in total. The van der Waals surface area contributed by atoms with E-state index < -0.39 is 6.09 Å². The molecule has 0 saturated carbocycles. The minimum Gasteiger partial charge on any atom is -0.465 e. The molecule has 1 unspecified atom stereocenters. The molecule has 1 aromatic heterocycles. The number of aromatic nitrogens is 2. The Labute approximate surface area is 118 Å². The van der Waals surface area contributed by atoms with E-state index in [1.165, 1.54) is 0 Å². The summed E-state index contributed by atoms with van der Waals surface area (Å²) in [6, 6.07) is 7.61. The monoisotopic (exact) mass is 357 g/mol. The lowest BCUT2D eigenvalue weighted by Crippen LogP contribution is -2.25. The molecular weight excluding hydrogens is 345 g/mol. The van der Waals surface area contributed by atoms with Crippen LogP contribution in [0.3, 0.4) is 0 Å². The van der Waals surface area contributed by atoms with Crippen LogP contribution >= 0.6 is 22.6 Å². The summed E-state index contributed by atoms with van der Waals surface area (Å²) in [4.78, 5) is 17.9. The summed E-state index contributed by atoms with van der Waals surface area (Å²) >= 11 is 2.24. The fourth-order valence-corrected chi connectivity index (χ4v) is 1.94. The average molecular weight is 357 g/mol. The first-order valence-corrected chi connectivity index (χ1v) is 6.45. The number of hydrogen-bond donors (Lipinski definition) is 3. The Kier molecular flexibility index (Phi) is 3.85. The van der Waals surface area contributed by atoms with Gasteiger partial charge < -0.3 is 15.4 Å². The number of rotatable bonds is 3. The van der Waals surface area contributed by atoms with E-state index in [4.69, 9.17) is 5.11 Å². The van der Waals surface area contributed by atoms with Gasteiger partial charge in [0.1, 0.15) is 5.82 Å². The van der Waals surface area contributed by atoms with Gasteiger partial charge in [0.25, 0.3) is 0 Å². The van der Waals surface area contributed by atoms with Crippen LogP contribution in [-0.2, 0) is 0 Å². The topological polar surface area (TPSA) is 78.0 Å². The minimum atomic E-state index is -1.06. The number of benzene rings is 1. The minimum absolute atomic E-state index is 0.361. The van der Waals surface area contributed by atoms with Gasteiger partial charge in [-0.15, -0.1) is 0 Å². The van der Waals surface area contributed by atoms with Gasteiger partial charge in [0.05, 0.1) is 11.7 Å². The van der Waals surface area contributed by atoms with Gasteiger partial charge in [-0.3, -0.25) is 0 Å². The average Bonchev–Trinajstić information content (AvgIpc) is 2.78. The Morgan fingerprint density at radius 3 is 2.72 bits per heavy atom. The quantitative estimate of drug-likeness (QED) is 0.739. The molecule has 1 heterocycles. The molecule has 0 saturated heterocycles. The Morgan fingerprint density at radius 1 is 1.44 bits per heavy atom. The van der Waals surface area contributed by atoms with Gasteiger partial charge in [0.15, 0.2) is 0 Å². The Balaban J connectivity index is 2.19. The molecule has 1 atom stereocenters. The van der Waals surface area contributed by atoms with Crippen molar-refractivity contribution in [2.45, 2.75) is 13.0 Å². The maximum atomic E-state index is 10.5. The van der Waals surface area contributed by atoms with Crippen molar-refractivity contribution in [1.82, 2.24) is 15.3 Å². The van der Waals surface area contributed by atoms with Crippen LogP contribution in [0.25, 0.3) is 11.3 Å². The van der Waals surface area contributed by atoms with Gasteiger partial charge in [-0.1, -0.05) is 12.1 Å². The third-order valence-corrected chi connectivity index (χ3v) is 3.21. The SMILES string of the molecule is CC(NC(=O)O)c1nc(-c2ccc(I)cc2)c[nH]1. The van der Waals surface area contributed by atoms with Crippen LogP contribution in [0.15, 0.2) is 30.5 Å². The molecule has 18 heavy (non-hydrogen) atoms. The van der Waals surface area contributed by atoms with E-state index in [0.29, 0.717) is 5.82 Å². The molecular formula is C12H12IN3O2. The highest BCUT2D eigenvalue weighted by Gasteiger charge is 2.12. The van der Waals surface area contributed by atoms with Crippen LogP contribution in [0.1, 0.15) is 18.8 Å². The lowest BCUT2D eigenvalue weighted by atomic mass is 10.2. The third kappa shape index (κ3) is 3.00. The molecule has 0 aliphatic heterocycles. The number of nitrogens with zero attached hydrogens (tertiary/aromatic N) is 1. The number of H-pyrrole nitrogens is 1. The number of imidazole rings is 1. The molecule has 3 N–H and O–H groups in total. The van der Waals surface area contributed by atoms with Crippen molar-refractivity contribution >= 4 is 28.7 Å². The van der Waals surface area contributed by atoms with E-state index in [0.717, 1.165) is 14.8 Å². The Morgan fingerprint density at radius 2 is 2.11 bits per heavy atom. The number of carboxylic acid groups (broad SMARTS) is 1. The Bertz CT molecular complexity index is 551. The van der Waals surface area contributed by atoms with Crippen molar-refractivity contribution in [3.8, 4) is 11.3 Å². The number of carbonyl (C=O) groups is 1. The van der Waals surface area contributed by atoms with E-state index in [2.05, 4.69) is 37.9 Å². The second-order valence-corrected chi connectivity index (χ2v) is 5.09. The van der Waals surface area contributed by atoms with Gasteiger partial charge in [-0.05, 0) is 41.6 Å². The second kappa shape index (κ2) is 5.38. The molecule has 0 bridgehead atoms. The predicted octanol–water partition coefficient (Wildman–Crippen LogP) is 3.01. The molecule has 1 amide bonds. The Hall–Kier alpha value is -1.57. The van der Waals surface area contributed by atoms with Crippen molar-refractivity contribution < 1.29 is 9.90 Å². The number of aromatic amines is 1. The predicted molar refractivity (Wildman–Crippen MR) is 76.3 cm³/mol. The highest BCUT2D eigenvalue weighted by Crippen LogP contribution is 2.20. The summed E-state index contributed by atoms with van der Waals surface area (Å²) < 4.78 is 1.16. The van der Waals surface area contributed by atoms with Crippen LogP contribution in [-0.4, -0.2) is 21.2 Å². The molecule has 0 aliphatic rings. The summed E-state index contributed by atoms with van der Waals surface area (Å²) in [5, 5.41) is 11.0. The lowest BCUT2D eigenvalue weighted by molar-refractivity contribution is 0.190. The van der Waals surface area contributed by atoms with Gasteiger partial charge in [-0.2, -0.15) is 0 Å². The summed E-state index contributed by atoms with van der Waals surface area (Å²) in [7, 11) is 0. The van der Waals surface area contributed by atoms with Gasteiger partial charge in [0, 0.05) is 15.3 Å². The van der Waals surface area contributed by atoms with Gasteiger partial charge >= 0.3 is 6.09 Å². The van der Waals surface area contributed by atoms with E-state index in [1.54, 1.807) is 13.1 Å². The van der Waals surface area contributed by atoms with Crippen molar-refractivity contribution in [2.24, 2.45) is 0 Å². The zero-order valence-electron chi connectivity index (χ0n) is 9.64. The summed E-state index contributed by atoms with van der Waals surface area (Å²) in [5.74, 6) is 0.603. The maximum absolute atomic E-state index is 10.5. The number of amides is 1. The van der Waals surface area contributed by atoms with E-state index in [9.17, 15) is 4.79 Å². The molecule has 2 aromatic rings. The van der Waals surface area contributed by atoms with E-state index in [1.807, 2.05) is 24.3 Å². The largest absolute Gasteiger partial charge is 0.465 e. The van der Waals surface area contributed by atoms with Crippen LogP contribution in [0.4, 0.5) is 4.79 Å². The van der Waals surface area contributed by atoms with E-state index >= 15 is 0 Å². The first-order chi connectivity index (χ1) is 8.56. The second-order valence-electron chi connectivity index (χ2n) is 3.85. The molecule has 0 spiro atoms. The van der Waals surface area contributed by atoms with Crippen molar-refractivity contribution in [2.75, 3.05) is 0 Å². The molecule has 6 heteroatoms. The molecule has 0 fully saturated rings. The highest BCUT2D eigenvalue weighted by molar-refractivity contribution is 14.1. The zero-order valence-corrected chi connectivity index (χ0v) is 11.8. The summed E-state index contributed by atoms with van der Waals surface area (Å²) in [6.07, 6.45) is 0.715. The first kappa shape index (κ1) is 12.9. The highest BCUT2D eigenvalue weighted by atomic mass is 127. The molecule has 1 aromatic carbocycles. The number of nitrogens with one attached hydrogen (secondary N) is 2. The first-order valence-electron chi connectivity index (χ1n) is 5.37. The third-order valence-electron chi connectivity index (χ3n) is 2.49. The molecule has 94 valence electrons. The molecule has 2 rings (SSSR count). The van der Waals surface area contributed by atoms with Crippen LogP contribution in [0.5, 0.6) is 0 Å². The fraction of sp³-hybridized carbons (Fsp3) is 0.167. The van der Waals surface area contributed by atoms with Gasteiger partial charge in [-0.25, -0.2) is 9.78 Å². The van der Waals surface area contributed by atoms with E-state index in [-0.39, 0.29) is 6.04 Å². The standard InChI is InChI=1S/C12H12IN3O2/c1-7(15-12(17)18)11-14-6-10(16-11)8-2-4-9(13)5-3-8/h2-7,15H,1H3,(H,14,16)(H,17,18). The van der Waals surface area contributed by atoms with Crippen LogP contribution < -0.4 is 5.32 Å². The van der Waals surface area contributed by atoms with Crippen molar-refractivity contribution in [1.29, 1.82) is 0 Å². The molecule has 0 radical (unpaired) electrons. The summed E-state index contributed by atoms with van der Waals surface area (Å²) in [5.41, 5.74) is 1.81.